The highest BCUT2D eigenvalue weighted by Gasteiger charge is 2.47. The molecule has 0 radical (unpaired) electrons. The molecule has 9 nitrogen and oxygen atoms in total. The van der Waals surface area contributed by atoms with Gasteiger partial charge in [0.1, 0.15) is 24.0 Å². The van der Waals surface area contributed by atoms with Crippen LogP contribution in [0.3, 0.4) is 0 Å². The van der Waals surface area contributed by atoms with Gasteiger partial charge in [0.05, 0.1) is 23.2 Å². The first kappa shape index (κ1) is 26.8. The molecule has 0 N–H and O–H groups in total. The Kier molecular flexibility index (Phi) is 6.43. The summed E-state index contributed by atoms with van der Waals surface area (Å²) in [6, 6.07) is 17.9. The summed E-state index contributed by atoms with van der Waals surface area (Å²) in [6.45, 7) is 12.8. The number of pyridine rings is 1. The summed E-state index contributed by atoms with van der Waals surface area (Å²) in [6.07, 6.45) is 2.52. The Bertz CT molecular complexity index is 1580. The van der Waals surface area contributed by atoms with Gasteiger partial charge in [0.2, 0.25) is 0 Å². The number of nitriles is 1. The highest BCUT2D eigenvalue weighted by atomic mass is 16.6. The third-order valence-electron chi connectivity index (χ3n) is 9.19. The number of benzene rings is 2. The molecule has 3 aromatic rings. The van der Waals surface area contributed by atoms with Gasteiger partial charge >= 0.3 is 6.09 Å². The first-order chi connectivity index (χ1) is 20.2. The average Bonchev–Trinajstić information content (AvgIpc) is 3.52. The summed E-state index contributed by atoms with van der Waals surface area (Å²) in [5.41, 5.74) is 4.38. The molecule has 9 heteroatoms. The number of anilines is 2. The maximum Gasteiger partial charge on any atom is 0.410 e. The number of hydrogen-bond donors (Lipinski definition) is 0. The average molecular weight is 567 g/mol. The second-order valence-corrected chi connectivity index (χ2v) is 13.2. The lowest BCUT2D eigenvalue weighted by Gasteiger charge is -2.45. The molecule has 0 aliphatic carbocycles. The molecule has 0 unspecified atom stereocenters. The molecule has 3 saturated heterocycles. The van der Waals surface area contributed by atoms with E-state index in [1.807, 2.05) is 37.8 Å². The van der Waals surface area contributed by atoms with Crippen molar-refractivity contribution in [3.05, 3.63) is 59.8 Å². The molecule has 3 fully saturated rings. The number of aromatic nitrogens is 1. The predicted octanol–water partition coefficient (Wildman–Crippen LogP) is 4.78. The van der Waals surface area contributed by atoms with Crippen molar-refractivity contribution in [2.75, 3.05) is 42.6 Å². The largest absolute Gasteiger partial charge is 0.491 e. The van der Waals surface area contributed by atoms with Gasteiger partial charge in [-0.15, -0.1) is 0 Å². The SMILES string of the molecule is C[C@@H]1CN(c2ccc(C#N)c3ncccc23)C[C@@H]2COc3cc(N4C[C@@H]5C[C@H]4CN5C(=O)OC(C)(C)C)ccc3CN21. The van der Waals surface area contributed by atoms with Crippen LogP contribution in [0.2, 0.25) is 0 Å². The molecule has 2 bridgehead atoms. The van der Waals surface area contributed by atoms with Crippen molar-refractivity contribution in [2.45, 2.75) is 70.4 Å². The van der Waals surface area contributed by atoms with Crippen molar-refractivity contribution in [3.63, 3.8) is 0 Å². The lowest BCUT2D eigenvalue weighted by atomic mass is 10.0. The molecule has 4 aliphatic heterocycles. The van der Waals surface area contributed by atoms with E-state index < -0.39 is 5.60 Å². The van der Waals surface area contributed by atoms with E-state index in [4.69, 9.17) is 9.47 Å². The fourth-order valence-corrected chi connectivity index (χ4v) is 7.27. The number of amides is 1. The van der Waals surface area contributed by atoms with Crippen LogP contribution in [-0.2, 0) is 11.3 Å². The monoisotopic (exact) mass is 566 g/mol. The summed E-state index contributed by atoms with van der Waals surface area (Å²) < 4.78 is 12.2. The Hall–Kier alpha value is -4.03. The van der Waals surface area contributed by atoms with Crippen molar-refractivity contribution >= 4 is 28.4 Å². The van der Waals surface area contributed by atoms with Crippen LogP contribution < -0.4 is 14.5 Å². The molecule has 42 heavy (non-hydrogen) atoms. The Balaban J connectivity index is 1.07. The Morgan fingerprint density at radius 1 is 1.07 bits per heavy atom. The summed E-state index contributed by atoms with van der Waals surface area (Å²) >= 11 is 0. The summed E-state index contributed by atoms with van der Waals surface area (Å²) in [7, 11) is 0. The summed E-state index contributed by atoms with van der Waals surface area (Å²) in [5, 5.41) is 10.6. The molecular formula is C33H38N6O3. The second-order valence-electron chi connectivity index (χ2n) is 13.2. The molecule has 1 aromatic heterocycles. The summed E-state index contributed by atoms with van der Waals surface area (Å²) in [5.74, 6) is 0.959. The maximum absolute atomic E-state index is 12.7. The molecule has 218 valence electrons. The van der Waals surface area contributed by atoms with E-state index in [-0.39, 0.29) is 18.2 Å². The molecule has 7 rings (SSSR count). The Morgan fingerprint density at radius 3 is 2.69 bits per heavy atom. The number of piperazine rings is 2. The van der Waals surface area contributed by atoms with Crippen LogP contribution in [0.1, 0.15) is 45.2 Å². The van der Waals surface area contributed by atoms with Gasteiger partial charge in [-0.05, 0) is 64.4 Å². The molecular weight excluding hydrogens is 528 g/mol. The van der Waals surface area contributed by atoms with E-state index in [2.05, 4.69) is 63.0 Å². The van der Waals surface area contributed by atoms with Crippen LogP contribution >= 0.6 is 0 Å². The van der Waals surface area contributed by atoms with Gasteiger partial charge in [-0.2, -0.15) is 5.26 Å². The van der Waals surface area contributed by atoms with Crippen LogP contribution in [0.5, 0.6) is 5.75 Å². The van der Waals surface area contributed by atoms with Gasteiger partial charge in [-0.3, -0.25) is 9.88 Å². The molecule has 4 aliphatic rings. The standard InChI is InChI=1S/C33H38N6O3/c1-21-15-36(29-10-8-22(14-34)31-28(29)6-5-11-35-31)17-27-20-41-30-13-24(9-7-23(30)16-37(21)27)38-18-26-12-25(38)19-39(26)32(40)42-33(2,3)4/h5-11,13,21,25-27H,12,15-20H2,1-4H3/t21-,25+,26+,27-/m1/s1. The van der Waals surface area contributed by atoms with E-state index in [1.165, 1.54) is 5.56 Å². The highest BCUT2D eigenvalue weighted by Crippen LogP contribution is 2.39. The first-order valence-electron chi connectivity index (χ1n) is 15.0. The van der Waals surface area contributed by atoms with Crippen LogP contribution in [0.25, 0.3) is 10.9 Å². The van der Waals surface area contributed by atoms with E-state index in [9.17, 15) is 10.1 Å². The molecule has 0 spiro atoms. The third-order valence-corrected chi connectivity index (χ3v) is 9.19. The zero-order valence-corrected chi connectivity index (χ0v) is 24.8. The maximum atomic E-state index is 12.7. The topological polar surface area (TPSA) is 85.2 Å². The zero-order valence-electron chi connectivity index (χ0n) is 24.8. The molecule has 2 aromatic carbocycles. The number of carbonyl (C=O) groups excluding carboxylic acids is 1. The quantitative estimate of drug-likeness (QED) is 0.439. The van der Waals surface area contributed by atoms with Crippen LogP contribution in [0.4, 0.5) is 16.2 Å². The van der Waals surface area contributed by atoms with Gasteiger partial charge < -0.3 is 24.2 Å². The number of ether oxygens (including phenoxy) is 2. The minimum Gasteiger partial charge on any atom is -0.491 e. The van der Waals surface area contributed by atoms with Gasteiger partial charge in [-0.1, -0.05) is 6.07 Å². The number of hydrogen-bond acceptors (Lipinski definition) is 8. The van der Waals surface area contributed by atoms with E-state index >= 15 is 0 Å². The van der Waals surface area contributed by atoms with E-state index in [0.29, 0.717) is 30.8 Å². The first-order valence-corrected chi connectivity index (χ1v) is 15.0. The van der Waals surface area contributed by atoms with Crippen LogP contribution in [0.15, 0.2) is 48.7 Å². The minimum absolute atomic E-state index is 0.180. The molecule has 5 heterocycles. The fraction of sp³-hybridized carbons (Fsp3) is 0.485. The minimum atomic E-state index is -0.484. The van der Waals surface area contributed by atoms with Crippen LogP contribution in [0, 0.1) is 11.3 Å². The van der Waals surface area contributed by atoms with Crippen molar-refractivity contribution in [2.24, 2.45) is 0 Å². The number of carbonyl (C=O) groups is 1. The van der Waals surface area contributed by atoms with Crippen molar-refractivity contribution in [3.8, 4) is 11.8 Å². The lowest BCUT2D eigenvalue weighted by molar-refractivity contribution is 0.0214. The Morgan fingerprint density at radius 2 is 1.93 bits per heavy atom. The van der Waals surface area contributed by atoms with Crippen molar-refractivity contribution in [1.82, 2.24) is 14.8 Å². The summed E-state index contributed by atoms with van der Waals surface area (Å²) in [4.78, 5) is 26.6. The van der Waals surface area contributed by atoms with Crippen molar-refractivity contribution < 1.29 is 14.3 Å². The normalized spacial score (nSPS) is 25.5. The number of nitrogens with zero attached hydrogens (tertiary/aromatic N) is 6. The lowest BCUT2D eigenvalue weighted by Crippen LogP contribution is -2.58. The molecule has 4 atom stereocenters. The van der Waals surface area contributed by atoms with Crippen molar-refractivity contribution in [1.29, 1.82) is 5.26 Å². The zero-order chi connectivity index (χ0) is 29.2. The highest BCUT2D eigenvalue weighted by molar-refractivity contribution is 5.95. The van der Waals surface area contributed by atoms with Gasteiger partial charge in [0.25, 0.3) is 0 Å². The fourth-order valence-electron chi connectivity index (χ4n) is 7.27. The third kappa shape index (κ3) is 4.68. The predicted molar refractivity (Wildman–Crippen MR) is 162 cm³/mol. The van der Waals surface area contributed by atoms with E-state index in [1.54, 1.807) is 6.20 Å². The second kappa shape index (κ2) is 10.1. The number of rotatable bonds is 2. The van der Waals surface area contributed by atoms with Crippen LogP contribution in [-0.4, -0.2) is 83.4 Å². The number of fused-ring (bicyclic) bond motifs is 5. The Labute approximate surface area is 247 Å². The smallest absolute Gasteiger partial charge is 0.410 e. The molecule has 0 saturated carbocycles. The van der Waals surface area contributed by atoms with Gasteiger partial charge in [-0.25, -0.2) is 4.79 Å². The van der Waals surface area contributed by atoms with Gasteiger partial charge in [0.15, 0.2) is 0 Å². The molecule has 1 amide bonds. The van der Waals surface area contributed by atoms with Gasteiger partial charge in [0, 0.05) is 79.4 Å². The van der Waals surface area contributed by atoms with E-state index in [0.717, 1.165) is 60.6 Å². The number of likely N-dealkylation sites (tertiary alicyclic amines) is 1.